The number of rotatable bonds is 1. The summed E-state index contributed by atoms with van der Waals surface area (Å²) >= 11 is 0. The molecule has 0 spiro atoms. The summed E-state index contributed by atoms with van der Waals surface area (Å²) in [7, 11) is 0. The highest BCUT2D eigenvalue weighted by atomic mass is 15.2. The van der Waals surface area contributed by atoms with Crippen molar-refractivity contribution in [2.45, 2.75) is 25.3 Å². The molecule has 2 nitrogen and oxygen atoms in total. The summed E-state index contributed by atoms with van der Waals surface area (Å²) in [5, 5.41) is 3.46. The average molecular weight is 166 g/mol. The molecule has 2 heterocycles. The molecule has 0 aromatic rings. The van der Waals surface area contributed by atoms with E-state index >= 15 is 0 Å². The number of hydrogen-bond donors (Lipinski definition) is 1. The van der Waals surface area contributed by atoms with Crippen molar-refractivity contribution in [1.29, 1.82) is 0 Å². The molecule has 0 bridgehead atoms. The van der Waals surface area contributed by atoms with Crippen molar-refractivity contribution in [2.75, 3.05) is 26.2 Å². The van der Waals surface area contributed by atoms with Crippen LogP contribution in [0.25, 0.3) is 0 Å². The van der Waals surface area contributed by atoms with Crippen molar-refractivity contribution in [3.63, 3.8) is 0 Å². The van der Waals surface area contributed by atoms with Crippen LogP contribution in [0.1, 0.15) is 19.3 Å². The molecule has 0 radical (unpaired) electrons. The predicted octanol–water partition coefficient (Wildman–Crippen LogP) is 0.690. The van der Waals surface area contributed by atoms with E-state index in [9.17, 15) is 0 Å². The summed E-state index contributed by atoms with van der Waals surface area (Å²) in [6, 6.07) is 0.992. The standard InChI is InChI=1S/C10H18N2/c1-2-4-12(5-3-1)10-8-6-11-7-9(8)10/h8-11H,1-7H2. The van der Waals surface area contributed by atoms with Gasteiger partial charge < -0.3 is 5.32 Å². The molecule has 2 saturated heterocycles. The van der Waals surface area contributed by atoms with E-state index < -0.39 is 0 Å². The largest absolute Gasteiger partial charge is 0.316 e. The minimum Gasteiger partial charge on any atom is -0.316 e. The zero-order chi connectivity index (χ0) is 7.97. The Labute approximate surface area is 74.3 Å². The fourth-order valence-electron chi connectivity index (χ4n) is 3.14. The van der Waals surface area contributed by atoms with Crippen molar-refractivity contribution < 1.29 is 0 Å². The molecule has 2 aliphatic heterocycles. The maximum absolute atomic E-state index is 3.46. The Kier molecular flexibility index (Phi) is 1.66. The lowest BCUT2D eigenvalue weighted by atomic mass is 10.1. The topological polar surface area (TPSA) is 15.3 Å². The van der Waals surface area contributed by atoms with E-state index in [-0.39, 0.29) is 0 Å². The van der Waals surface area contributed by atoms with Gasteiger partial charge in [0, 0.05) is 6.04 Å². The highest BCUT2D eigenvalue weighted by Gasteiger charge is 2.55. The van der Waals surface area contributed by atoms with Crippen LogP contribution >= 0.6 is 0 Å². The fourth-order valence-corrected chi connectivity index (χ4v) is 3.14. The lowest BCUT2D eigenvalue weighted by Gasteiger charge is -2.28. The van der Waals surface area contributed by atoms with Crippen molar-refractivity contribution in [2.24, 2.45) is 11.8 Å². The van der Waals surface area contributed by atoms with Crippen LogP contribution < -0.4 is 5.32 Å². The van der Waals surface area contributed by atoms with Crippen molar-refractivity contribution in [3.05, 3.63) is 0 Å². The Balaban J connectivity index is 1.60. The highest BCUT2D eigenvalue weighted by molar-refractivity contribution is 5.10. The smallest absolute Gasteiger partial charge is 0.0183 e. The monoisotopic (exact) mass is 166 g/mol. The van der Waals surface area contributed by atoms with E-state index in [4.69, 9.17) is 0 Å². The second kappa shape index (κ2) is 2.71. The van der Waals surface area contributed by atoms with Crippen molar-refractivity contribution in [3.8, 4) is 0 Å². The lowest BCUT2D eigenvalue weighted by Crippen LogP contribution is -2.36. The minimum absolute atomic E-state index is 0.992. The van der Waals surface area contributed by atoms with Gasteiger partial charge >= 0.3 is 0 Å². The van der Waals surface area contributed by atoms with E-state index in [1.807, 2.05) is 0 Å². The quantitative estimate of drug-likeness (QED) is 0.616. The first-order chi connectivity index (χ1) is 5.97. The Morgan fingerprint density at radius 2 is 1.58 bits per heavy atom. The summed E-state index contributed by atoms with van der Waals surface area (Å²) in [5.74, 6) is 2.06. The van der Waals surface area contributed by atoms with Crippen LogP contribution in [0.3, 0.4) is 0 Å². The zero-order valence-corrected chi connectivity index (χ0v) is 7.63. The number of piperidine rings is 2. The molecule has 68 valence electrons. The maximum atomic E-state index is 3.46. The number of nitrogens with one attached hydrogen (secondary N) is 1. The van der Waals surface area contributed by atoms with Gasteiger partial charge in [0.15, 0.2) is 0 Å². The summed E-state index contributed by atoms with van der Waals surface area (Å²) in [4.78, 5) is 2.75. The highest BCUT2D eigenvalue weighted by Crippen LogP contribution is 2.46. The van der Waals surface area contributed by atoms with E-state index in [2.05, 4.69) is 10.2 Å². The summed E-state index contributed by atoms with van der Waals surface area (Å²) in [6.45, 7) is 5.37. The summed E-state index contributed by atoms with van der Waals surface area (Å²) in [6.07, 6.45) is 4.36. The van der Waals surface area contributed by atoms with Crippen molar-refractivity contribution >= 4 is 0 Å². The molecule has 1 saturated carbocycles. The normalized spacial score (nSPS) is 47.5. The first-order valence-corrected chi connectivity index (χ1v) is 5.41. The molecular formula is C10H18N2. The first kappa shape index (κ1) is 7.34. The van der Waals surface area contributed by atoms with Gasteiger partial charge in [-0.2, -0.15) is 0 Å². The van der Waals surface area contributed by atoms with Gasteiger partial charge in [0.25, 0.3) is 0 Å². The number of fused-ring (bicyclic) bond motifs is 1. The second-order valence-corrected chi connectivity index (χ2v) is 4.57. The minimum atomic E-state index is 0.992. The van der Waals surface area contributed by atoms with E-state index in [1.54, 1.807) is 0 Å². The zero-order valence-electron chi connectivity index (χ0n) is 7.63. The van der Waals surface area contributed by atoms with Gasteiger partial charge in [0.05, 0.1) is 0 Å². The predicted molar refractivity (Wildman–Crippen MR) is 49.1 cm³/mol. The Hall–Kier alpha value is -0.0800. The van der Waals surface area contributed by atoms with E-state index in [0.717, 1.165) is 17.9 Å². The maximum Gasteiger partial charge on any atom is 0.0183 e. The van der Waals surface area contributed by atoms with Crippen LogP contribution in [0, 0.1) is 11.8 Å². The Bertz CT molecular complexity index is 165. The van der Waals surface area contributed by atoms with E-state index in [0.29, 0.717) is 0 Å². The van der Waals surface area contributed by atoms with Crippen molar-refractivity contribution in [1.82, 2.24) is 10.2 Å². The average Bonchev–Trinajstić information content (AvgIpc) is 2.62. The molecule has 1 N–H and O–H groups in total. The molecule has 2 atom stereocenters. The molecule has 3 fully saturated rings. The molecule has 3 rings (SSSR count). The van der Waals surface area contributed by atoms with Crippen LogP contribution in [-0.4, -0.2) is 37.1 Å². The third-order valence-corrected chi connectivity index (χ3v) is 3.86. The summed E-state index contributed by atoms with van der Waals surface area (Å²) in [5.41, 5.74) is 0. The molecule has 12 heavy (non-hydrogen) atoms. The third-order valence-electron chi connectivity index (χ3n) is 3.86. The van der Waals surface area contributed by atoms with Crippen LogP contribution in [0.2, 0.25) is 0 Å². The first-order valence-electron chi connectivity index (χ1n) is 5.41. The Morgan fingerprint density at radius 1 is 0.917 bits per heavy atom. The van der Waals surface area contributed by atoms with Gasteiger partial charge in [-0.1, -0.05) is 6.42 Å². The fraction of sp³-hybridized carbons (Fsp3) is 1.00. The molecule has 2 unspecified atom stereocenters. The third kappa shape index (κ3) is 1.01. The van der Waals surface area contributed by atoms with Crippen LogP contribution in [0.5, 0.6) is 0 Å². The van der Waals surface area contributed by atoms with Gasteiger partial charge in [0.1, 0.15) is 0 Å². The second-order valence-electron chi connectivity index (χ2n) is 4.57. The van der Waals surface area contributed by atoms with Crippen LogP contribution in [0.15, 0.2) is 0 Å². The van der Waals surface area contributed by atoms with Gasteiger partial charge in [-0.15, -0.1) is 0 Å². The lowest BCUT2D eigenvalue weighted by molar-refractivity contribution is 0.198. The van der Waals surface area contributed by atoms with Crippen LogP contribution in [-0.2, 0) is 0 Å². The summed E-state index contributed by atoms with van der Waals surface area (Å²) < 4.78 is 0. The van der Waals surface area contributed by atoms with Gasteiger partial charge in [-0.3, -0.25) is 4.90 Å². The molecule has 0 aromatic heterocycles. The van der Waals surface area contributed by atoms with Gasteiger partial charge in [0.2, 0.25) is 0 Å². The molecular weight excluding hydrogens is 148 g/mol. The molecule has 0 amide bonds. The van der Waals surface area contributed by atoms with Gasteiger partial charge in [-0.05, 0) is 50.9 Å². The molecule has 3 aliphatic rings. The number of nitrogens with zero attached hydrogens (tertiary/aromatic N) is 1. The molecule has 0 aromatic carbocycles. The molecule has 1 aliphatic carbocycles. The molecule has 2 heteroatoms. The SMILES string of the molecule is C1CCN(C2C3CNCC32)CC1. The Morgan fingerprint density at radius 3 is 2.25 bits per heavy atom. The van der Waals surface area contributed by atoms with E-state index in [1.165, 1.54) is 45.4 Å². The van der Waals surface area contributed by atoms with Crippen LogP contribution in [0.4, 0.5) is 0 Å². The van der Waals surface area contributed by atoms with Gasteiger partial charge in [-0.25, -0.2) is 0 Å². The number of hydrogen-bond acceptors (Lipinski definition) is 2. The number of likely N-dealkylation sites (tertiary alicyclic amines) is 1.